The van der Waals surface area contributed by atoms with E-state index in [1.54, 1.807) is 0 Å². The van der Waals surface area contributed by atoms with Crippen LogP contribution in [0, 0.1) is 0 Å². The van der Waals surface area contributed by atoms with E-state index in [9.17, 15) is 4.39 Å². The van der Waals surface area contributed by atoms with E-state index in [-0.39, 0.29) is 5.83 Å². The Kier molecular flexibility index (Phi) is 2.38. The molecule has 0 aliphatic carbocycles. The summed E-state index contributed by atoms with van der Waals surface area (Å²) in [6, 6.07) is 0. The predicted molar refractivity (Wildman–Crippen MR) is 25.1 cm³/mol. The van der Waals surface area contributed by atoms with Gasteiger partial charge in [-0.05, 0) is 13.0 Å². The molecule has 0 saturated carbocycles. The monoisotopic (exact) mass is 86.1 g/mol. The lowest BCUT2D eigenvalue weighted by Gasteiger charge is -1.70. The van der Waals surface area contributed by atoms with E-state index in [4.69, 9.17) is 0 Å². The molecule has 0 aromatic rings. The van der Waals surface area contributed by atoms with Crippen molar-refractivity contribution in [3.8, 4) is 0 Å². The van der Waals surface area contributed by atoms with Gasteiger partial charge >= 0.3 is 0 Å². The van der Waals surface area contributed by atoms with E-state index in [2.05, 4.69) is 6.58 Å². The Hall–Kier alpha value is -0.590. The molecule has 0 spiro atoms. The van der Waals surface area contributed by atoms with E-state index >= 15 is 0 Å². The molecule has 0 rings (SSSR count). The van der Waals surface area contributed by atoms with Crippen molar-refractivity contribution in [3.63, 3.8) is 0 Å². The highest BCUT2D eigenvalue weighted by atomic mass is 19.1. The summed E-state index contributed by atoms with van der Waals surface area (Å²) in [5, 5.41) is 0. The van der Waals surface area contributed by atoms with Gasteiger partial charge in [-0.3, -0.25) is 0 Å². The zero-order valence-electron chi connectivity index (χ0n) is 3.74. The Balaban J connectivity index is 3.41. The second kappa shape index (κ2) is 2.64. The zero-order valence-corrected chi connectivity index (χ0v) is 3.74. The van der Waals surface area contributed by atoms with Gasteiger partial charge in [0.15, 0.2) is 0 Å². The Morgan fingerprint density at radius 3 is 2.33 bits per heavy atom. The molecule has 0 aliphatic rings. The molecule has 0 bridgehead atoms. The van der Waals surface area contributed by atoms with Gasteiger partial charge in [-0.1, -0.05) is 12.7 Å². The summed E-state index contributed by atoms with van der Waals surface area (Å²) >= 11 is 0. The van der Waals surface area contributed by atoms with E-state index in [1.807, 2.05) is 0 Å². The molecule has 0 fully saturated rings. The molecule has 0 aliphatic heterocycles. The maximum Gasteiger partial charge on any atom is 0.0968 e. The lowest BCUT2D eigenvalue weighted by atomic mass is 10.5. The van der Waals surface area contributed by atoms with Crippen molar-refractivity contribution < 1.29 is 4.39 Å². The topological polar surface area (TPSA) is 0 Å². The third-order valence-electron chi connectivity index (χ3n) is 0.348. The molecule has 0 aromatic heterocycles. The van der Waals surface area contributed by atoms with Gasteiger partial charge in [-0.2, -0.15) is 0 Å². The molecule has 6 heavy (non-hydrogen) atoms. The van der Waals surface area contributed by atoms with Crippen LogP contribution in [0.2, 0.25) is 0 Å². The minimum atomic E-state index is -0.204. The lowest BCUT2D eigenvalue weighted by molar-refractivity contribution is 0.641. The fourth-order valence-electron chi connectivity index (χ4n) is 0.162. The SMILES string of the molecule is C=CC=C(C)F. The molecular formula is C5H7F. The van der Waals surface area contributed by atoms with Crippen molar-refractivity contribution in [1.82, 2.24) is 0 Å². The molecule has 0 amide bonds. The molecule has 0 unspecified atom stereocenters. The Bertz CT molecular complexity index is 68.0. The minimum Gasteiger partial charge on any atom is -0.212 e. The summed E-state index contributed by atoms with van der Waals surface area (Å²) in [7, 11) is 0. The van der Waals surface area contributed by atoms with E-state index in [1.165, 1.54) is 19.1 Å². The van der Waals surface area contributed by atoms with Gasteiger partial charge in [0.1, 0.15) is 0 Å². The molecule has 0 nitrogen and oxygen atoms in total. The number of halogens is 1. The van der Waals surface area contributed by atoms with Gasteiger partial charge in [-0.25, -0.2) is 4.39 Å². The molecule has 0 aromatic carbocycles. The number of rotatable bonds is 1. The highest BCUT2D eigenvalue weighted by Crippen LogP contribution is 1.89. The predicted octanol–water partition coefficient (Wildman–Crippen LogP) is 2.05. The summed E-state index contributed by atoms with van der Waals surface area (Å²) in [5.41, 5.74) is 0. The van der Waals surface area contributed by atoms with Crippen molar-refractivity contribution in [2.75, 3.05) is 0 Å². The quantitative estimate of drug-likeness (QED) is 0.428. The Morgan fingerprint density at radius 1 is 1.83 bits per heavy atom. The first kappa shape index (κ1) is 5.41. The van der Waals surface area contributed by atoms with E-state index in [0.29, 0.717) is 0 Å². The average Bonchev–Trinajstić information content (AvgIpc) is 1.35. The van der Waals surface area contributed by atoms with Crippen molar-refractivity contribution >= 4 is 0 Å². The first-order chi connectivity index (χ1) is 2.77. The maximum atomic E-state index is 11.5. The van der Waals surface area contributed by atoms with Crippen LogP contribution < -0.4 is 0 Å². The van der Waals surface area contributed by atoms with E-state index < -0.39 is 0 Å². The first-order valence-electron chi connectivity index (χ1n) is 1.72. The molecule has 1 heteroatoms. The smallest absolute Gasteiger partial charge is 0.0968 e. The fourth-order valence-corrected chi connectivity index (χ4v) is 0.162. The van der Waals surface area contributed by atoms with Crippen molar-refractivity contribution in [2.24, 2.45) is 0 Å². The van der Waals surface area contributed by atoms with Crippen LogP contribution in [0.4, 0.5) is 4.39 Å². The Morgan fingerprint density at radius 2 is 2.33 bits per heavy atom. The normalized spacial score (nSPS) is 11.3. The second-order valence-electron chi connectivity index (χ2n) is 0.989. The number of hydrogen-bond donors (Lipinski definition) is 0. The zero-order chi connectivity index (χ0) is 4.99. The highest BCUT2D eigenvalue weighted by molar-refractivity contribution is 5.00. The summed E-state index contributed by atoms with van der Waals surface area (Å²) in [5.74, 6) is -0.204. The molecule has 0 heterocycles. The third-order valence-corrected chi connectivity index (χ3v) is 0.348. The second-order valence-corrected chi connectivity index (χ2v) is 0.989. The van der Waals surface area contributed by atoms with Gasteiger partial charge in [0, 0.05) is 0 Å². The van der Waals surface area contributed by atoms with Gasteiger partial charge in [0.25, 0.3) is 0 Å². The summed E-state index contributed by atoms with van der Waals surface area (Å²) in [4.78, 5) is 0. The van der Waals surface area contributed by atoms with Crippen LogP contribution in [0.25, 0.3) is 0 Å². The summed E-state index contributed by atoms with van der Waals surface area (Å²) in [6.45, 7) is 4.66. The van der Waals surface area contributed by atoms with Crippen LogP contribution in [0.1, 0.15) is 6.92 Å². The largest absolute Gasteiger partial charge is 0.212 e. The van der Waals surface area contributed by atoms with E-state index in [0.717, 1.165) is 0 Å². The van der Waals surface area contributed by atoms with Crippen molar-refractivity contribution in [2.45, 2.75) is 6.92 Å². The fraction of sp³-hybridized carbons (Fsp3) is 0.200. The minimum absolute atomic E-state index is 0.204. The first-order valence-corrected chi connectivity index (χ1v) is 1.72. The number of allylic oxidation sites excluding steroid dienone is 3. The average molecular weight is 86.1 g/mol. The molecule has 0 saturated heterocycles. The maximum absolute atomic E-state index is 11.5. The molecule has 0 atom stereocenters. The van der Waals surface area contributed by atoms with Gasteiger partial charge < -0.3 is 0 Å². The number of hydrogen-bond acceptors (Lipinski definition) is 0. The van der Waals surface area contributed by atoms with Gasteiger partial charge in [-0.15, -0.1) is 0 Å². The van der Waals surface area contributed by atoms with Crippen LogP contribution in [0.3, 0.4) is 0 Å². The standard InChI is InChI=1S/C5H7F/c1-3-4-5(2)6/h3-4H,1H2,2H3. The van der Waals surface area contributed by atoms with Crippen LogP contribution in [0.5, 0.6) is 0 Å². The lowest BCUT2D eigenvalue weighted by Crippen LogP contribution is -1.51. The molecule has 0 N–H and O–H groups in total. The Labute approximate surface area is 37.0 Å². The van der Waals surface area contributed by atoms with Gasteiger partial charge in [0.05, 0.1) is 5.83 Å². The summed E-state index contributed by atoms with van der Waals surface area (Å²) < 4.78 is 11.5. The van der Waals surface area contributed by atoms with Crippen LogP contribution in [-0.4, -0.2) is 0 Å². The highest BCUT2D eigenvalue weighted by Gasteiger charge is 1.69. The summed E-state index contributed by atoms with van der Waals surface area (Å²) in [6.07, 6.45) is 2.72. The van der Waals surface area contributed by atoms with Crippen LogP contribution >= 0.6 is 0 Å². The van der Waals surface area contributed by atoms with Crippen LogP contribution in [0.15, 0.2) is 24.6 Å². The van der Waals surface area contributed by atoms with Crippen LogP contribution in [-0.2, 0) is 0 Å². The van der Waals surface area contributed by atoms with Crippen molar-refractivity contribution in [3.05, 3.63) is 24.6 Å². The van der Waals surface area contributed by atoms with Crippen molar-refractivity contribution in [1.29, 1.82) is 0 Å². The molecule has 0 radical (unpaired) electrons. The van der Waals surface area contributed by atoms with Gasteiger partial charge in [0.2, 0.25) is 0 Å². The molecular weight excluding hydrogens is 79.1 g/mol. The third kappa shape index (κ3) is 3.41. The molecule has 34 valence electrons.